The van der Waals surface area contributed by atoms with E-state index in [1.165, 1.54) is 0 Å². The molecular weight excluding hydrogens is 388 g/mol. The van der Waals surface area contributed by atoms with Gasteiger partial charge in [-0.15, -0.1) is 12.4 Å². The number of hydrogen-bond acceptors (Lipinski definition) is 6. The van der Waals surface area contributed by atoms with Gasteiger partial charge in [0.15, 0.2) is 0 Å². The zero-order chi connectivity index (χ0) is 20.5. The molecule has 158 valence electrons. The van der Waals surface area contributed by atoms with Crippen LogP contribution in [0.3, 0.4) is 0 Å². The minimum atomic E-state index is 0. The molecule has 0 saturated heterocycles. The number of nitrogen functional groups attached to an aromatic ring is 4. The minimum absolute atomic E-state index is 0. The van der Waals surface area contributed by atoms with Gasteiger partial charge in [0, 0.05) is 24.2 Å². The first-order valence-corrected chi connectivity index (χ1v) is 9.34. The molecular formula is C20H31ClN8. The summed E-state index contributed by atoms with van der Waals surface area (Å²) in [6, 6.07) is 10.7. The Balaban J connectivity index is 0.00000420. The molecule has 2 aromatic carbocycles. The van der Waals surface area contributed by atoms with Gasteiger partial charge in [0.1, 0.15) is 11.7 Å². The summed E-state index contributed by atoms with van der Waals surface area (Å²) in [5.41, 5.74) is 27.1. The zero-order valence-corrected chi connectivity index (χ0v) is 17.2. The predicted molar refractivity (Wildman–Crippen MR) is 126 cm³/mol. The van der Waals surface area contributed by atoms with Gasteiger partial charge in [-0.2, -0.15) is 0 Å². The van der Waals surface area contributed by atoms with Crippen LogP contribution in [0.5, 0.6) is 0 Å². The first-order valence-electron chi connectivity index (χ1n) is 9.34. The lowest BCUT2D eigenvalue weighted by Crippen LogP contribution is -2.12. The second-order valence-electron chi connectivity index (χ2n) is 6.70. The topological polar surface area (TPSA) is 176 Å². The van der Waals surface area contributed by atoms with Crippen molar-refractivity contribution in [3.63, 3.8) is 0 Å². The molecule has 9 heteroatoms. The van der Waals surface area contributed by atoms with Crippen LogP contribution in [0.15, 0.2) is 36.4 Å². The van der Waals surface area contributed by atoms with Gasteiger partial charge in [0.2, 0.25) is 0 Å². The van der Waals surface area contributed by atoms with Crippen molar-refractivity contribution in [1.82, 2.24) is 0 Å². The van der Waals surface area contributed by atoms with Gasteiger partial charge in [0.25, 0.3) is 0 Å². The normalized spacial score (nSPS) is 10.1. The maximum absolute atomic E-state index is 7.42. The molecule has 29 heavy (non-hydrogen) atoms. The monoisotopic (exact) mass is 418 g/mol. The predicted octanol–water partition coefficient (Wildman–Crippen LogP) is 2.93. The van der Waals surface area contributed by atoms with Gasteiger partial charge in [0.05, 0.1) is 22.7 Å². The molecule has 0 amide bonds. The molecule has 0 radical (unpaired) electrons. The Labute approximate surface area is 177 Å². The van der Waals surface area contributed by atoms with Crippen molar-refractivity contribution in [2.24, 2.45) is 11.5 Å². The second kappa shape index (κ2) is 11.7. The van der Waals surface area contributed by atoms with Gasteiger partial charge in [-0.05, 0) is 49.2 Å². The van der Waals surface area contributed by atoms with Gasteiger partial charge in [-0.25, -0.2) is 0 Å². The summed E-state index contributed by atoms with van der Waals surface area (Å²) in [4.78, 5) is 0. The third-order valence-corrected chi connectivity index (χ3v) is 4.46. The van der Waals surface area contributed by atoms with E-state index in [0.29, 0.717) is 22.5 Å². The van der Waals surface area contributed by atoms with Crippen LogP contribution in [0.2, 0.25) is 0 Å². The van der Waals surface area contributed by atoms with Crippen molar-refractivity contribution in [2.45, 2.75) is 25.7 Å². The Morgan fingerprint density at radius 3 is 1.38 bits per heavy atom. The Kier molecular flexibility index (Phi) is 9.61. The fraction of sp³-hybridized carbons (Fsp3) is 0.300. The Morgan fingerprint density at radius 1 is 0.690 bits per heavy atom. The summed E-state index contributed by atoms with van der Waals surface area (Å²) in [7, 11) is 0. The lowest BCUT2D eigenvalue weighted by molar-refractivity contribution is 0.671. The third kappa shape index (κ3) is 7.42. The second-order valence-corrected chi connectivity index (χ2v) is 6.70. The van der Waals surface area contributed by atoms with Crippen LogP contribution >= 0.6 is 12.4 Å². The van der Waals surface area contributed by atoms with E-state index < -0.39 is 0 Å². The summed E-state index contributed by atoms with van der Waals surface area (Å²) >= 11 is 0. The molecule has 0 aliphatic heterocycles. The average Bonchev–Trinajstić information content (AvgIpc) is 2.65. The maximum atomic E-state index is 7.42. The molecule has 0 saturated carbocycles. The largest absolute Gasteiger partial charge is 0.397 e. The molecule has 0 unspecified atom stereocenters. The molecule has 2 rings (SSSR count). The third-order valence-electron chi connectivity index (χ3n) is 4.46. The van der Waals surface area contributed by atoms with Crippen LogP contribution < -0.4 is 33.6 Å². The molecule has 0 heterocycles. The van der Waals surface area contributed by atoms with Crippen molar-refractivity contribution < 1.29 is 0 Å². The van der Waals surface area contributed by atoms with Crippen LogP contribution in [-0.2, 0) is 0 Å². The summed E-state index contributed by atoms with van der Waals surface area (Å²) in [5.74, 6) is 0.0341. The number of hydrogen-bond donors (Lipinski definition) is 8. The van der Waals surface area contributed by atoms with Crippen LogP contribution in [0.1, 0.15) is 36.8 Å². The minimum Gasteiger partial charge on any atom is -0.397 e. The molecule has 0 spiro atoms. The molecule has 0 fully saturated rings. The highest BCUT2D eigenvalue weighted by Gasteiger charge is 2.03. The lowest BCUT2D eigenvalue weighted by Gasteiger charge is -2.11. The average molecular weight is 419 g/mol. The van der Waals surface area contributed by atoms with E-state index in [4.69, 9.17) is 33.8 Å². The Bertz CT molecular complexity index is 768. The summed E-state index contributed by atoms with van der Waals surface area (Å²) in [6.45, 7) is 1.69. The van der Waals surface area contributed by atoms with Crippen LogP contribution in [-0.4, -0.2) is 24.8 Å². The fourth-order valence-corrected chi connectivity index (χ4v) is 2.83. The highest BCUT2D eigenvalue weighted by molar-refractivity contribution is 5.97. The van der Waals surface area contributed by atoms with E-state index >= 15 is 0 Å². The highest BCUT2D eigenvalue weighted by atomic mass is 35.5. The SMILES string of the molecule is Cl.N=C(N)c1ccc(NCCCCCCNc2ccc(C(=N)N)cc2N)c(N)c1. The Hall–Kier alpha value is -3.13. The first-order chi connectivity index (χ1) is 13.4. The number of nitrogens with two attached hydrogens (primary N) is 4. The molecule has 0 aliphatic carbocycles. The lowest BCUT2D eigenvalue weighted by atomic mass is 10.1. The van der Waals surface area contributed by atoms with Gasteiger partial charge in [-0.1, -0.05) is 12.8 Å². The van der Waals surface area contributed by atoms with Gasteiger partial charge >= 0.3 is 0 Å². The smallest absolute Gasteiger partial charge is 0.122 e. The highest BCUT2D eigenvalue weighted by Crippen LogP contribution is 2.21. The van der Waals surface area contributed by atoms with Crippen LogP contribution in [0, 0.1) is 10.8 Å². The fourth-order valence-electron chi connectivity index (χ4n) is 2.83. The summed E-state index contributed by atoms with van der Waals surface area (Å²) in [6.07, 6.45) is 4.31. The van der Waals surface area contributed by atoms with Crippen molar-refractivity contribution in [2.75, 3.05) is 35.2 Å². The van der Waals surface area contributed by atoms with E-state index in [2.05, 4.69) is 10.6 Å². The number of amidine groups is 2. The Morgan fingerprint density at radius 2 is 1.07 bits per heavy atom. The number of nitrogens with one attached hydrogen (secondary N) is 4. The molecule has 0 atom stereocenters. The molecule has 0 bridgehead atoms. The van der Waals surface area contributed by atoms with Gasteiger partial charge < -0.3 is 33.6 Å². The van der Waals surface area contributed by atoms with Crippen LogP contribution in [0.25, 0.3) is 0 Å². The van der Waals surface area contributed by atoms with Crippen molar-refractivity contribution >= 4 is 46.8 Å². The van der Waals surface area contributed by atoms with Crippen molar-refractivity contribution in [1.29, 1.82) is 10.8 Å². The number of benzene rings is 2. The maximum Gasteiger partial charge on any atom is 0.122 e. The number of anilines is 4. The van der Waals surface area contributed by atoms with E-state index in [0.717, 1.165) is 50.1 Å². The van der Waals surface area contributed by atoms with Crippen LogP contribution in [0.4, 0.5) is 22.7 Å². The van der Waals surface area contributed by atoms with Crippen molar-refractivity contribution in [3.8, 4) is 0 Å². The summed E-state index contributed by atoms with van der Waals surface area (Å²) < 4.78 is 0. The molecule has 0 aromatic heterocycles. The van der Waals surface area contributed by atoms with E-state index in [-0.39, 0.29) is 24.1 Å². The first kappa shape index (κ1) is 23.9. The van der Waals surface area contributed by atoms with Crippen molar-refractivity contribution in [3.05, 3.63) is 47.5 Å². The quantitative estimate of drug-likeness (QED) is 0.120. The molecule has 0 aliphatic rings. The summed E-state index contributed by atoms with van der Waals surface area (Å²) in [5, 5.41) is 21.5. The molecule has 2 aromatic rings. The van der Waals surface area contributed by atoms with Gasteiger partial charge in [-0.3, -0.25) is 10.8 Å². The number of halogens is 1. The zero-order valence-electron chi connectivity index (χ0n) is 16.4. The number of rotatable bonds is 11. The van der Waals surface area contributed by atoms with E-state index in [1.54, 1.807) is 24.3 Å². The standard InChI is InChI=1S/C20H30N8.ClH/c21-15-11-13(19(23)24)5-7-17(15)27-9-3-1-2-4-10-28-18-8-6-14(20(25)26)12-16(18)22;/h5-8,11-12,27-28H,1-4,9-10,21-22H2,(H3,23,24)(H3,25,26);1H. The number of unbranched alkanes of at least 4 members (excludes halogenated alkanes) is 3. The van der Waals surface area contributed by atoms with E-state index in [9.17, 15) is 0 Å². The molecule has 12 N–H and O–H groups in total. The van der Waals surface area contributed by atoms with E-state index in [1.807, 2.05) is 12.1 Å². The molecule has 8 nitrogen and oxygen atoms in total.